The Bertz CT molecular complexity index is 381. The number of hydrogen-bond donors (Lipinski definition) is 2. The summed E-state index contributed by atoms with van der Waals surface area (Å²) in [5.74, 6) is 0.206. The molecule has 0 aromatic heterocycles. The van der Waals surface area contributed by atoms with E-state index in [0.717, 1.165) is 38.6 Å². The summed E-state index contributed by atoms with van der Waals surface area (Å²) in [6, 6.07) is 0.0296. The van der Waals surface area contributed by atoms with Crippen LogP contribution in [0.15, 0.2) is 0 Å². The first-order valence-electron chi connectivity index (χ1n) is 7.41. The monoisotopic (exact) mass is 266 g/mol. The number of nitrogens with one attached hydrogen (secondary N) is 1. The minimum Gasteiger partial charge on any atom is -0.480 e. The standard InChI is InChI=1S/C14H22N2O3/c17-12(15-10-4-5-10)6-7-16-8-9-2-1-3-11(9)13(16)14(18)19/h9-11,13H,1-8H2,(H,15,17)(H,18,19). The van der Waals surface area contributed by atoms with Gasteiger partial charge in [-0.05, 0) is 37.5 Å². The van der Waals surface area contributed by atoms with Crippen LogP contribution in [-0.2, 0) is 9.59 Å². The van der Waals surface area contributed by atoms with Gasteiger partial charge in [-0.3, -0.25) is 14.5 Å². The molecule has 5 nitrogen and oxygen atoms in total. The number of likely N-dealkylation sites (tertiary alicyclic amines) is 1. The Labute approximate surface area is 113 Å². The van der Waals surface area contributed by atoms with Crippen LogP contribution in [0.25, 0.3) is 0 Å². The molecule has 2 aliphatic carbocycles. The quantitative estimate of drug-likeness (QED) is 0.773. The van der Waals surface area contributed by atoms with Crippen LogP contribution in [0.3, 0.4) is 0 Å². The lowest BCUT2D eigenvalue weighted by molar-refractivity contribution is -0.144. The fraction of sp³-hybridized carbons (Fsp3) is 0.857. The molecule has 0 aromatic rings. The van der Waals surface area contributed by atoms with Crippen LogP contribution >= 0.6 is 0 Å². The van der Waals surface area contributed by atoms with Crippen molar-refractivity contribution in [3.63, 3.8) is 0 Å². The molecule has 3 rings (SSSR count). The number of carbonyl (C=O) groups is 2. The Morgan fingerprint density at radius 1 is 1.21 bits per heavy atom. The molecule has 1 amide bonds. The summed E-state index contributed by atoms with van der Waals surface area (Å²) >= 11 is 0. The lowest BCUT2D eigenvalue weighted by Gasteiger charge is -2.23. The second-order valence-corrected chi connectivity index (χ2v) is 6.22. The van der Waals surface area contributed by atoms with E-state index in [4.69, 9.17) is 0 Å². The zero-order chi connectivity index (χ0) is 13.4. The second-order valence-electron chi connectivity index (χ2n) is 6.22. The van der Waals surface area contributed by atoms with Gasteiger partial charge in [0.2, 0.25) is 5.91 Å². The Kier molecular flexibility index (Phi) is 3.48. The van der Waals surface area contributed by atoms with E-state index in [1.165, 1.54) is 0 Å². The van der Waals surface area contributed by atoms with E-state index in [1.807, 2.05) is 4.90 Å². The highest BCUT2D eigenvalue weighted by Gasteiger charge is 2.47. The Morgan fingerprint density at radius 2 is 2.00 bits per heavy atom. The summed E-state index contributed by atoms with van der Waals surface area (Å²) in [5, 5.41) is 12.4. The minimum absolute atomic E-state index is 0.0729. The highest BCUT2D eigenvalue weighted by Crippen LogP contribution is 2.42. The summed E-state index contributed by atoms with van der Waals surface area (Å²) in [7, 11) is 0. The predicted molar refractivity (Wildman–Crippen MR) is 69.6 cm³/mol. The van der Waals surface area contributed by atoms with Crippen LogP contribution in [0.4, 0.5) is 0 Å². The maximum absolute atomic E-state index is 11.7. The number of carboxylic acid groups (broad SMARTS) is 1. The molecule has 3 aliphatic rings. The zero-order valence-corrected chi connectivity index (χ0v) is 11.2. The van der Waals surface area contributed by atoms with Crippen LogP contribution in [0.1, 0.15) is 38.5 Å². The molecule has 0 radical (unpaired) electrons. The van der Waals surface area contributed by atoms with Crippen molar-refractivity contribution in [2.75, 3.05) is 13.1 Å². The highest BCUT2D eigenvalue weighted by atomic mass is 16.4. The summed E-state index contributed by atoms with van der Waals surface area (Å²) in [5.41, 5.74) is 0. The van der Waals surface area contributed by atoms with E-state index >= 15 is 0 Å². The SMILES string of the molecule is O=C(CCN1CC2CCCC2C1C(=O)O)NC1CC1. The third-order valence-corrected chi connectivity index (χ3v) is 4.81. The average Bonchev–Trinajstić information content (AvgIpc) is 2.92. The molecule has 19 heavy (non-hydrogen) atoms. The molecule has 0 spiro atoms. The highest BCUT2D eigenvalue weighted by molar-refractivity contribution is 5.77. The van der Waals surface area contributed by atoms with E-state index in [2.05, 4.69) is 5.32 Å². The van der Waals surface area contributed by atoms with Crippen molar-refractivity contribution in [2.24, 2.45) is 11.8 Å². The van der Waals surface area contributed by atoms with E-state index in [9.17, 15) is 14.7 Å². The Balaban J connectivity index is 1.54. The molecule has 3 fully saturated rings. The van der Waals surface area contributed by atoms with Crippen molar-refractivity contribution in [3.05, 3.63) is 0 Å². The maximum Gasteiger partial charge on any atom is 0.321 e. The summed E-state index contributed by atoms with van der Waals surface area (Å²) < 4.78 is 0. The molecule has 2 N–H and O–H groups in total. The molecule has 1 aliphatic heterocycles. The van der Waals surface area contributed by atoms with Gasteiger partial charge in [0.05, 0.1) is 0 Å². The van der Waals surface area contributed by atoms with E-state index in [0.29, 0.717) is 30.8 Å². The van der Waals surface area contributed by atoms with E-state index < -0.39 is 5.97 Å². The molecule has 1 heterocycles. The number of hydrogen-bond acceptors (Lipinski definition) is 3. The lowest BCUT2D eigenvalue weighted by atomic mass is 9.94. The van der Waals surface area contributed by atoms with Gasteiger partial charge in [-0.2, -0.15) is 0 Å². The first kappa shape index (κ1) is 12.9. The molecular formula is C14H22N2O3. The van der Waals surface area contributed by atoms with Gasteiger partial charge in [-0.25, -0.2) is 0 Å². The number of carbonyl (C=O) groups excluding carboxylic acids is 1. The third-order valence-electron chi connectivity index (χ3n) is 4.81. The summed E-state index contributed by atoms with van der Waals surface area (Å²) in [4.78, 5) is 25.2. The summed E-state index contributed by atoms with van der Waals surface area (Å²) in [6.45, 7) is 1.45. The Morgan fingerprint density at radius 3 is 2.68 bits per heavy atom. The fourth-order valence-corrected chi connectivity index (χ4v) is 3.74. The van der Waals surface area contributed by atoms with Gasteiger partial charge in [0.15, 0.2) is 0 Å². The van der Waals surface area contributed by atoms with Gasteiger partial charge in [0, 0.05) is 25.6 Å². The number of carboxylic acids is 1. The zero-order valence-electron chi connectivity index (χ0n) is 11.2. The molecule has 3 unspecified atom stereocenters. The molecule has 3 atom stereocenters. The van der Waals surface area contributed by atoms with Crippen molar-refractivity contribution in [2.45, 2.75) is 50.6 Å². The third kappa shape index (κ3) is 2.76. The van der Waals surface area contributed by atoms with Gasteiger partial charge < -0.3 is 10.4 Å². The molecule has 5 heteroatoms. The number of aliphatic carboxylic acids is 1. The van der Waals surface area contributed by atoms with E-state index in [1.54, 1.807) is 0 Å². The van der Waals surface area contributed by atoms with Gasteiger partial charge in [0.1, 0.15) is 6.04 Å². The summed E-state index contributed by atoms with van der Waals surface area (Å²) in [6.07, 6.45) is 5.97. The van der Waals surface area contributed by atoms with Crippen LogP contribution in [0, 0.1) is 11.8 Å². The first-order chi connectivity index (χ1) is 9.15. The van der Waals surface area contributed by atoms with Crippen LogP contribution in [-0.4, -0.2) is 47.1 Å². The Hall–Kier alpha value is -1.10. The lowest BCUT2D eigenvalue weighted by Crippen LogP contribution is -2.41. The molecular weight excluding hydrogens is 244 g/mol. The van der Waals surface area contributed by atoms with Crippen LogP contribution < -0.4 is 5.32 Å². The first-order valence-corrected chi connectivity index (χ1v) is 7.41. The molecule has 106 valence electrons. The topological polar surface area (TPSA) is 69.6 Å². The molecule has 0 aromatic carbocycles. The van der Waals surface area contributed by atoms with Crippen molar-refractivity contribution in [3.8, 4) is 0 Å². The normalized spacial score (nSPS) is 34.2. The molecule has 0 bridgehead atoms. The predicted octanol–water partition coefficient (Wildman–Crippen LogP) is 0.840. The van der Waals surface area contributed by atoms with E-state index in [-0.39, 0.29) is 11.9 Å². The minimum atomic E-state index is -0.711. The van der Waals surface area contributed by atoms with Gasteiger partial charge in [-0.15, -0.1) is 0 Å². The average molecular weight is 266 g/mol. The number of nitrogens with zero attached hydrogens (tertiary/aromatic N) is 1. The van der Waals surface area contributed by atoms with Gasteiger partial charge in [0.25, 0.3) is 0 Å². The number of rotatable bonds is 5. The van der Waals surface area contributed by atoms with Crippen molar-refractivity contribution < 1.29 is 14.7 Å². The van der Waals surface area contributed by atoms with Crippen LogP contribution in [0.2, 0.25) is 0 Å². The van der Waals surface area contributed by atoms with Crippen molar-refractivity contribution >= 4 is 11.9 Å². The molecule has 1 saturated heterocycles. The second kappa shape index (κ2) is 5.12. The van der Waals surface area contributed by atoms with Crippen molar-refractivity contribution in [1.82, 2.24) is 10.2 Å². The fourth-order valence-electron chi connectivity index (χ4n) is 3.74. The number of amides is 1. The van der Waals surface area contributed by atoms with Gasteiger partial charge >= 0.3 is 5.97 Å². The van der Waals surface area contributed by atoms with Gasteiger partial charge in [-0.1, -0.05) is 6.42 Å². The largest absolute Gasteiger partial charge is 0.480 e. The van der Waals surface area contributed by atoms with Crippen molar-refractivity contribution in [1.29, 1.82) is 0 Å². The smallest absolute Gasteiger partial charge is 0.321 e. The van der Waals surface area contributed by atoms with Crippen LogP contribution in [0.5, 0.6) is 0 Å². The maximum atomic E-state index is 11.7. The number of fused-ring (bicyclic) bond motifs is 1. The molecule has 2 saturated carbocycles.